The highest BCUT2D eigenvalue weighted by Gasteiger charge is 2.18. The normalized spacial score (nSPS) is 10.5. The van der Waals surface area contributed by atoms with Gasteiger partial charge in [0.15, 0.2) is 5.13 Å². The van der Waals surface area contributed by atoms with Gasteiger partial charge in [-0.3, -0.25) is 4.79 Å². The van der Waals surface area contributed by atoms with Gasteiger partial charge in [0, 0.05) is 24.5 Å². The van der Waals surface area contributed by atoms with Crippen molar-refractivity contribution in [3.63, 3.8) is 0 Å². The molecule has 22 heavy (non-hydrogen) atoms. The lowest BCUT2D eigenvalue weighted by Crippen LogP contribution is -2.07. The van der Waals surface area contributed by atoms with E-state index in [0.717, 1.165) is 32.6 Å². The van der Waals surface area contributed by atoms with Gasteiger partial charge in [-0.15, -0.1) is 11.3 Å². The summed E-state index contributed by atoms with van der Waals surface area (Å²) in [5.74, 6) is -0.0367. The van der Waals surface area contributed by atoms with Crippen LogP contribution in [-0.2, 0) is 11.2 Å². The number of aliphatic carboxylic acids is 1. The highest BCUT2D eigenvalue weighted by atomic mass is 32.1. The molecule has 0 atom stereocenters. The summed E-state index contributed by atoms with van der Waals surface area (Å²) >= 11 is 1.42. The van der Waals surface area contributed by atoms with Crippen molar-refractivity contribution >= 4 is 22.4 Å². The first-order valence-corrected chi connectivity index (χ1v) is 7.86. The van der Waals surface area contributed by atoms with Crippen LogP contribution in [0.1, 0.15) is 17.4 Å². The van der Waals surface area contributed by atoms with Crippen LogP contribution in [0.4, 0.5) is 5.13 Å². The first-order valence-electron chi connectivity index (χ1n) is 7.05. The number of nitrogens with zero attached hydrogens (tertiary/aromatic N) is 2. The molecule has 0 saturated carbocycles. The molecule has 2 rings (SSSR count). The van der Waals surface area contributed by atoms with E-state index in [1.54, 1.807) is 0 Å². The zero-order valence-electron chi connectivity index (χ0n) is 13.2. The van der Waals surface area contributed by atoms with Crippen molar-refractivity contribution in [2.45, 2.75) is 20.3 Å². The maximum Gasteiger partial charge on any atom is 0.308 e. The minimum Gasteiger partial charge on any atom is -0.494 e. The van der Waals surface area contributed by atoms with Crippen LogP contribution in [0.2, 0.25) is 0 Å². The molecular formula is C16H20N2O3S. The maximum absolute atomic E-state index is 11.1. The lowest BCUT2D eigenvalue weighted by Gasteiger charge is -2.09. The highest BCUT2D eigenvalue weighted by molar-refractivity contribution is 7.16. The molecule has 0 fully saturated rings. The summed E-state index contributed by atoms with van der Waals surface area (Å²) in [6.07, 6.45) is -0.0203. The third-order valence-electron chi connectivity index (χ3n) is 3.14. The smallest absolute Gasteiger partial charge is 0.308 e. The molecule has 1 aromatic carbocycles. The Hall–Kier alpha value is -2.08. The molecule has 2 aromatic rings. The molecular weight excluding hydrogens is 300 g/mol. The maximum atomic E-state index is 11.1. The fourth-order valence-corrected chi connectivity index (χ4v) is 3.14. The van der Waals surface area contributed by atoms with E-state index in [4.69, 9.17) is 9.84 Å². The number of hydrogen-bond acceptors (Lipinski definition) is 5. The van der Waals surface area contributed by atoms with E-state index in [1.807, 2.05) is 51.0 Å². The molecule has 0 spiro atoms. The fraction of sp³-hybridized carbons (Fsp3) is 0.375. The molecule has 0 aliphatic heterocycles. The van der Waals surface area contributed by atoms with Crippen molar-refractivity contribution in [2.75, 3.05) is 25.6 Å². The summed E-state index contributed by atoms with van der Waals surface area (Å²) in [4.78, 5) is 18.4. The Bertz CT molecular complexity index is 680. The monoisotopic (exact) mass is 320 g/mol. The van der Waals surface area contributed by atoms with E-state index in [0.29, 0.717) is 6.61 Å². The first kappa shape index (κ1) is 16.3. The minimum atomic E-state index is -0.848. The predicted molar refractivity (Wildman–Crippen MR) is 89.1 cm³/mol. The van der Waals surface area contributed by atoms with Gasteiger partial charge in [-0.25, -0.2) is 4.98 Å². The number of carboxylic acid groups (broad SMARTS) is 1. The molecule has 0 radical (unpaired) electrons. The highest BCUT2D eigenvalue weighted by Crippen LogP contribution is 2.35. The zero-order valence-corrected chi connectivity index (χ0v) is 14.0. The molecule has 1 heterocycles. The Kier molecular flexibility index (Phi) is 5.03. The molecule has 6 heteroatoms. The number of thiazole rings is 1. The molecule has 118 valence electrons. The third kappa shape index (κ3) is 3.57. The second-order valence-corrected chi connectivity index (χ2v) is 6.20. The number of benzene rings is 1. The van der Waals surface area contributed by atoms with E-state index < -0.39 is 5.97 Å². The van der Waals surface area contributed by atoms with Crippen molar-refractivity contribution in [1.82, 2.24) is 4.98 Å². The summed E-state index contributed by atoms with van der Waals surface area (Å²) in [6, 6.07) is 5.79. The van der Waals surface area contributed by atoms with Crippen LogP contribution >= 0.6 is 11.3 Å². The summed E-state index contributed by atoms with van der Waals surface area (Å²) in [5, 5.41) is 9.92. The lowest BCUT2D eigenvalue weighted by molar-refractivity contribution is -0.136. The Morgan fingerprint density at radius 3 is 2.68 bits per heavy atom. The lowest BCUT2D eigenvalue weighted by atomic mass is 10.0. The molecule has 5 nitrogen and oxygen atoms in total. The predicted octanol–water partition coefficient (Wildman–Crippen LogP) is 3.21. The van der Waals surface area contributed by atoms with Gasteiger partial charge in [-0.05, 0) is 37.6 Å². The number of carboxylic acids is 1. The molecule has 0 amide bonds. The number of aryl methyl sites for hydroxylation is 1. The first-order chi connectivity index (χ1) is 10.4. The minimum absolute atomic E-state index is 0.0203. The molecule has 0 unspecified atom stereocenters. The van der Waals surface area contributed by atoms with Crippen LogP contribution < -0.4 is 9.64 Å². The van der Waals surface area contributed by atoms with E-state index in [1.165, 1.54) is 11.3 Å². The summed E-state index contributed by atoms with van der Waals surface area (Å²) in [7, 11) is 3.80. The second kappa shape index (κ2) is 6.79. The van der Waals surface area contributed by atoms with Crippen LogP contribution in [-0.4, -0.2) is 36.8 Å². The van der Waals surface area contributed by atoms with Gasteiger partial charge in [0.2, 0.25) is 0 Å². The molecule has 0 aliphatic rings. The van der Waals surface area contributed by atoms with Gasteiger partial charge in [0.1, 0.15) is 5.75 Å². The average Bonchev–Trinajstić information content (AvgIpc) is 2.82. The van der Waals surface area contributed by atoms with E-state index >= 15 is 0 Å². The number of aromatic nitrogens is 1. The van der Waals surface area contributed by atoms with Crippen LogP contribution in [0.15, 0.2) is 18.2 Å². The van der Waals surface area contributed by atoms with Gasteiger partial charge in [-0.2, -0.15) is 0 Å². The Morgan fingerprint density at radius 2 is 2.14 bits per heavy atom. The van der Waals surface area contributed by atoms with Crippen molar-refractivity contribution in [3.05, 3.63) is 28.6 Å². The molecule has 0 aliphatic carbocycles. The average molecular weight is 320 g/mol. The van der Waals surface area contributed by atoms with Crippen molar-refractivity contribution in [1.29, 1.82) is 0 Å². The Morgan fingerprint density at radius 1 is 1.41 bits per heavy atom. The summed E-state index contributed by atoms with van der Waals surface area (Å²) in [5.41, 5.74) is 2.72. The van der Waals surface area contributed by atoms with Crippen LogP contribution in [0.3, 0.4) is 0 Å². The van der Waals surface area contributed by atoms with Crippen molar-refractivity contribution < 1.29 is 14.6 Å². The molecule has 0 bridgehead atoms. The van der Waals surface area contributed by atoms with Gasteiger partial charge < -0.3 is 14.7 Å². The molecule has 1 N–H and O–H groups in total. The van der Waals surface area contributed by atoms with Crippen LogP contribution in [0.25, 0.3) is 11.3 Å². The number of hydrogen-bond donors (Lipinski definition) is 1. The number of anilines is 1. The van der Waals surface area contributed by atoms with Gasteiger partial charge >= 0.3 is 5.97 Å². The van der Waals surface area contributed by atoms with Gasteiger partial charge in [0.05, 0.1) is 18.7 Å². The fourth-order valence-electron chi connectivity index (χ4n) is 2.16. The van der Waals surface area contributed by atoms with E-state index in [-0.39, 0.29) is 6.42 Å². The largest absolute Gasteiger partial charge is 0.494 e. The Balaban J connectivity index is 2.48. The molecule has 0 saturated heterocycles. The van der Waals surface area contributed by atoms with Gasteiger partial charge in [-0.1, -0.05) is 0 Å². The quantitative estimate of drug-likeness (QED) is 0.885. The summed E-state index contributed by atoms with van der Waals surface area (Å²) in [6.45, 7) is 4.54. The second-order valence-electron chi connectivity index (χ2n) is 5.14. The van der Waals surface area contributed by atoms with Gasteiger partial charge in [0.25, 0.3) is 0 Å². The zero-order chi connectivity index (χ0) is 16.3. The molecule has 1 aromatic heterocycles. The van der Waals surface area contributed by atoms with Crippen LogP contribution in [0.5, 0.6) is 5.75 Å². The third-order valence-corrected chi connectivity index (χ3v) is 4.37. The number of ether oxygens (including phenoxy) is 1. The summed E-state index contributed by atoms with van der Waals surface area (Å²) < 4.78 is 5.50. The van der Waals surface area contributed by atoms with Crippen molar-refractivity contribution in [3.8, 4) is 17.0 Å². The number of rotatable bonds is 6. The van der Waals surface area contributed by atoms with E-state index in [9.17, 15) is 4.79 Å². The van der Waals surface area contributed by atoms with Crippen molar-refractivity contribution in [2.24, 2.45) is 0 Å². The topological polar surface area (TPSA) is 62.7 Å². The van der Waals surface area contributed by atoms with E-state index in [2.05, 4.69) is 4.98 Å². The van der Waals surface area contributed by atoms with Crippen LogP contribution in [0, 0.1) is 6.92 Å². The SMILES string of the molecule is CCOc1ccc(-c2nc(N(C)C)sc2CC(=O)O)c(C)c1. The number of carbonyl (C=O) groups is 1. The standard InChI is InChI=1S/C16H20N2O3S/c1-5-21-11-6-7-12(10(2)8-11)15-13(9-14(19)20)22-16(17-15)18(3)4/h6-8H,5,9H2,1-4H3,(H,19,20). The Labute approximate surface area is 134 Å².